The maximum absolute atomic E-state index is 11.9. The molecule has 2 rings (SSSR count). The fourth-order valence-electron chi connectivity index (χ4n) is 2.70. The molecule has 0 bridgehead atoms. The predicted molar refractivity (Wildman–Crippen MR) is 92.5 cm³/mol. The topological polar surface area (TPSA) is 135 Å². The third-order valence-corrected chi connectivity index (χ3v) is 3.76. The Balaban J connectivity index is 2.12. The van der Waals surface area contributed by atoms with Gasteiger partial charge in [0, 0.05) is 25.2 Å². The smallest absolute Gasteiger partial charge is 0.407 e. The standard InChI is InChI=1S/C16H22N4O6/c1-16(2,3)26-15(23)18-10-5-4-6-19(9-10)13-7-11(14(21)22)12(8-17-13)20(24)25/h7-8,10H,4-6,9H2,1-3H3,(H,18,23)(H,21,22). The molecule has 142 valence electrons. The van der Waals surface area contributed by atoms with E-state index in [2.05, 4.69) is 10.3 Å². The van der Waals surface area contributed by atoms with Gasteiger partial charge in [-0.2, -0.15) is 0 Å². The number of hydrogen-bond acceptors (Lipinski definition) is 7. The number of carbonyl (C=O) groups excluding carboxylic acids is 1. The first-order chi connectivity index (χ1) is 12.1. The molecule has 1 unspecified atom stereocenters. The van der Waals surface area contributed by atoms with Crippen LogP contribution in [0.1, 0.15) is 44.0 Å². The number of ether oxygens (including phenoxy) is 1. The van der Waals surface area contributed by atoms with Crippen molar-refractivity contribution >= 4 is 23.6 Å². The zero-order valence-corrected chi connectivity index (χ0v) is 14.9. The maximum atomic E-state index is 11.9. The zero-order valence-electron chi connectivity index (χ0n) is 14.9. The van der Waals surface area contributed by atoms with Gasteiger partial charge in [-0.3, -0.25) is 10.1 Å². The van der Waals surface area contributed by atoms with Crippen molar-refractivity contribution in [1.82, 2.24) is 10.3 Å². The molecule has 1 atom stereocenters. The minimum absolute atomic E-state index is 0.191. The van der Waals surface area contributed by atoms with Crippen LogP contribution in [-0.2, 0) is 4.74 Å². The molecule has 0 aromatic carbocycles. The predicted octanol–water partition coefficient (Wildman–Crippen LogP) is 2.18. The molecule has 2 heterocycles. The number of nitrogens with one attached hydrogen (secondary N) is 1. The molecule has 2 N–H and O–H groups in total. The summed E-state index contributed by atoms with van der Waals surface area (Å²) in [6, 6.07) is 1.000. The molecule has 1 amide bonds. The van der Waals surface area contributed by atoms with Gasteiger partial charge in [0.2, 0.25) is 0 Å². The molecule has 0 spiro atoms. The minimum atomic E-state index is -1.39. The number of aromatic carboxylic acids is 1. The van der Waals surface area contributed by atoms with Crippen molar-refractivity contribution in [1.29, 1.82) is 0 Å². The molecular formula is C16H22N4O6. The fraction of sp³-hybridized carbons (Fsp3) is 0.562. The molecular weight excluding hydrogens is 344 g/mol. The number of anilines is 1. The second-order valence-corrected chi connectivity index (χ2v) is 7.05. The number of rotatable bonds is 4. The molecule has 0 aliphatic carbocycles. The van der Waals surface area contributed by atoms with Gasteiger partial charge in [0.25, 0.3) is 0 Å². The lowest BCUT2D eigenvalue weighted by Crippen LogP contribution is -2.49. The summed E-state index contributed by atoms with van der Waals surface area (Å²) in [4.78, 5) is 39.2. The van der Waals surface area contributed by atoms with E-state index in [1.165, 1.54) is 6.07 Å². The van der Waals surface area contributed by atoms with E-state index >= 15 is 0 Å². The van der Waals surface area contributed by atoms with Gasteiger partial charge in [-0.05, 0) is 33.6 Å². The lowest BCUT2D eigenvalue weighted by atomic mass is 10.1. The number of nitro groups is 1. The molecule has 0 saturated carbocycles. The van der Waals surface area contributed by atoms with Crippen LogP contribution >= 0.6 is 0 Å². The van der Waals surface area contributed by atoms with Crippen molar-refractivity contribution in [2.75, 3.05) is 18.0 Å². The highest BCUT2D eigenvalue weighted by atomic mass is 16.6. The number of aromatic nitrogens is 1. The van der Waals surface area contributed by atoms with Crippen LogP contribution < -0.4 is 10.2 Å². The highest BCUT2D eigenvalue weighted by molar-refractivity contribution is 5.93. The summed E-state index contributed by atoms with van der Waals surface area (Å²) >= 11 is 0. The molecule has 10 heteroatoms. The van der Waals surface area contributed by atoms with Crippen molar-refractivity contribution in [3.05, 3.63) is 27.9 Å². The van der Waals surface area contributed by atoms with E-state index in [0.29, 0.717) is 18.9 Å². The number of piperidine rings is 1. The molecule has 1 aromatic heterocycles. The lowest BCUT2D eigenvalue weighted by Gasteiger charge is -2.34. The van der Waals surface area contributed by atoms with Gasteiger partial charge in [-0.15, -0.1) is 0 Å². The second kappa shape index (κ2) is 7.54. The summed E-state index contributed by atoms with van der Waals surface area (Å²) in [5, 5.41) is 22.9. The second-order valence-electron chi connectivity index (χ2n) is 7.05. The molecule has 1 aliphatic heterocycles. The molecule has 1 aliphatic rings. The monoisotopic (exact) mass is 366 g/mol. The summed E-state index contributed by atoms with van der Waals surface area (Å²) < 4.78 is 5.24. The highest BCUT2D eigenvalue weighted by Gasteiger charge is 2.27. The van der Waals surface area contributed by atoms with Crippen LogP contribution in [0.3, 0.4) is 0 Å². The van der Waals surface area contributed by atoms with Crippen LogP contribution in [0.4, 0.5) is 16.3 Å². The Morgan fingerprint density at radius 3 is 2.73 bits per heavy atom. The minimum Gasteiger partial charge on any atom is -0.477 e. The number of carboxylic acid groups (broad SMARTS) is 1. The van der Waals surface area contributed by atoms with Gasteiger partial charge < -0.3 is 20.1 Å². The first kappa shape index (κ1) is 19.4. The van der Waals surface area contributed by atoms with Gasteiger partial charge in [0.1, 0.15) is 23.2 Å². The van der Waals surface area contributed by atoms with Gasteiger partial charge >= 0.3 is 17.7 Å². The van der Waals surface area contributed by atoms with Crippen molar-refractivity contribution in [3.8, 4) is 0 Å². The Morgan fingerprint density at radius 1 is 1.46 bits per heavy atom. The van der Waals surface area contributed by atoms with Gasteiger partial charge in [-0.25, -0.2) is 14.6 Å². The van der Waals surface area contributed by atoms with Crippen molar-refractivity contribution in [2.45, 2.75) is 45.3 Å². The number of nitrogens with zero attached hydrogens (tertiary/aromatic N) is 3. The summed E-state index contributed by atoms with van der Waals surface area (Å²) in [7, 11) is 0. The van der Waals surface area contributed by atoms with E-state index in [-0.39, 0.29) is 6.04 Å². The van der Waals surface area contributed by atoms with E-state index in [9.17, 15) is 24.8 Å². The van der Waals surface area contributed by atoms with Crippen molar-refractivity contribution in [3.63, 3.8) is 0 Å². The number of alkyl carbamates (subject to hydrolysis) is 1. The molecule has 10 nitrogen and oxygen atoms in total. The molecule has 1 aromatic rings. The molecule has 0 radical (unpaired) electrons. The summed E-state index contributed by atoms with van der Waals surface area (Å²) in [6.45, 7) is 6.33. The molecule has 1 saturated heterocycles. The van der Waals surface area contributed by atoms with Gasteiger partial charge in [0.15, 0.2) is 0 Å². The van der Waals surface area contributed by atoms with Crippen LogP contribution in [0.5, 0.6) is 0 Å². The number of hydrogen-bond donors (Lipinski definition) is 2. The Kier molecular flexibility index (Phi) is 5.63. The van der Waals surface area contributed by atoms with Crippen LogP contribution in [0, 0.1) is 10.1 Å². The number of carbonyl (C=O) groups is 2. The summed E-state index contributed by atoms with van der Waals surface area (Å²) in [6.07, 6.45) is 1.92. The van der Waals surface area contributed by atoms with E-state index in [4.69, 9.17) is 4.74 Å². The van der Waals surface area contributed by atoms with Crippen LogP contribution in [-0.4, -0.2) is 51.8 Å². The Hall–Kier alpha value is -2.91. The number of pyridine rings is 1. The van der Waals surface area contributed by atoms with Crippen molar-refractivity contribution < 1.29 is 24.4 Å². The van der Waals surface area contributed by atoms with Crippen LogP contribution in [0.25, 0.3) is 0 Å². The third kappa shape index (κ3) is 5.04. The Morgan fingerprint density at radius 2 is 2.15 bits per heavy atom. The first-order valence-electron chi connectivity index (χ1n) is 8.19. The summed E-state index contributed by atoms with van der Waals surface area (Å²) in [5.74, 6) is -1.07. The Labute approximate surface area is 150 Å². The lowest BCUT2D eigenvalue weighted by molar-refractivity contribution is -0.385. The summed E-state index contributed by atoms with van der Waals surface area (Å²) in [5.41, 5.74) is -1.57. The average Bonchev–Trinajstić information content (AvgIpc) is 2.52. The fourth-order valence-corrected chi connectivity index (χ4v) is 2.70. The molecule has 26 heavy (non-hydrogen) atoms. The van der Waals surface area contributed by atoms with E-state index in [1.807, 2.05) is 0 Å². The first-order valence-corrected chi connectivity index (χ1v) is 8.19. The average molecular weight is 366 g/mol. The quantitative estimate of drug-likeness (QED) is 0.611. The van der Waals surface area contributed by atoms with Gasteiger partial charge in [-0.1, -0.05) is 0 Å². The van der Waals surface area contributed by atoms with E-state index in [0.717, 1.165) is 19.0 Å². The largest absolute Gasteiger partial charge is 0.477 e. The zero-order chi connectivity index (χ0) is 19.5. The van der Waals surface area contributed by atoms with E-state index in [1.54, 1.807) is 25.7 Å². The Bertz CT molecular complexity index is 715. The third-order valence-electron chi connectivity index (χ3n) is 3.76. The highest BCUT2D eigenvalue weighted by Crippen LogP contribution is 2.24. The van der Waals surface area contributed by atoms with E-state index < -0.39 is 33.8 Å². The number of amides is 1. The van der Waals surface area contributed by atoms with Crippen molar-refractivity contribution in [2.24, 2.45) is 0 Å². The van der Waals surface area contributed by atoms with Crippen LogP contribution in [0.15, 0.2) is 12.3 Å². The van der Waals surface area contributed by atoms with Gasteiger partial charge in [0.05, 0.1) is 4.92 Å². The SMILES string of the molecule is CC(C)(C)OC(=O)NC1CCCN(c2cc(C(=O)O)c([N+](=O)[O-])cn2)C1. The van der Waals surface area contributed by atoms with Crippen LogP contribution in [0.2, 0.25) is 0 Å². The molecule has 1 fully saturated rings. The maximum Gasteiger partial charge on any atom is 0.407 e. The normalized spacial score (nSPS) is 17.5. The number of carboxylic acids is 1.